The topological polar surface area (TPSA) is 34.9 Å². The molecule has 1 N–H and O–H groups in total. The second-order valence-corrected chi connectivity index (χ2v) is 6.59. The van der Waals surface area contributed by atoms with Crippen LogP contribution in [-0.2, 0) is 0 Å². The molecule has 112 valence electrons. The van der Waals surface area contributed by atoms with Crippen molar-refractivity contribution < 1.29 is 4.42 Å². The summed E-state index contributed by atoms with van der Waals surface area (Å²) in [6.07, 6.45) is 1.80. The number of fused-ring (bicyclic) bond motifs is 1. The molecule has 2 saturated heterocycles. The van der Waals surface area contributed by atoms with Gasteiger partial charge in [-0.25, -0.2) is 4.72 Å². The number of furan rings is 1. The van der Waals surface area contributed by atoms with Gasteiger partial charge in [0.15, 0.2) is 5.58 Å². The van der Waals surface area contributed by atoms with Crippen molar-refractivity contribution in [1.29, 1.82) is 0 Å². The maximum absolute atomic E-state index is 5.75. The summed E-state index contributed by atoms with van der Waals surface area (Å²) in [5, 5.41) is 1.19. The first kappa shape index (κ1) is 13.3. The zero-order chi connectivity index (χ0) is 14.2. The Morgan fingerprint density at radius 1 is 1.14 bits per heavy atom. The molecule has 0 atom stereocenters. The molecule has 0 spiro atoms. The Kier molecular flexibility index (Phi) is 3.45. The third-order valence-corrected chi connectivity index (χ3v) is 5.19. The molecular weight excluding hydrogens is 284 g/mol. The molecule has 2 aliphatic rings. The van der Waals surface area contributed by atoms with Crippen LogP contribution in [0.2, 0.25) is 0 Å². The molecular formula is C15H20N4OS. The first-order valence-corrected chi connectivity index (χ1v) is 8.21. The molecule has 4 rings (SSSR count). The van der Waals surface area contributed by atoms with Gasteiger partial charge in [-0.15, -0.1) is 0 Å². The van der Waals surface area contributed by atoms with Gasteiger partial charge in [-0.1, -0.05) is 0 Å². The lowest BCUT2D eigenvalue weighted by molar-refractivity contribution is 0.313. The quantitative estimate of drug-likeness (QED) is 0.857. The highest BCUT2D eigenvalue weighted by atomic mass is 32.2. The molecule has 0 radical (unpaired) electrons. The number of rotatable bonds is 2. The van der Waals surface area contributed by atoms with E-state index in [1.807, 2.05) is 0 Å². The highest BCUT2D eigenvalue weighted by Crippen LogP contribution is 2.36. The van der Waals surface area contributed by atoms with E-state index in [-0.39, 0.29) is 0 Å². The second kappa shape index (κ2) is 5.44. The van der Waals surface area contributed by atoms with Gasteiger partial charge in [-0.2, -0.15) is 0 Å². The predicted molar refractivity (Wildman–Crippen MR) is 88.9 cm³/mol. The average Bonchev–Trinajstić information content (AvgIpc) is 3.18. The number of nitrogens with one attached hydrogen (secondary N) is 1. The van der Waals surface area contributed by atoms with E-state index in [9.17, 15) is 0 Å². The summed E-state index contributed by atoms with van der Waals surface area (Å²) < 4.78 is 11.4. The van der Waals surface area contributed by atoms with Crippen LogP contribution in [0.3, 0.4) is 0 Å². The minimum atomic E-state index is 1.01. The number of anilines is 2. The lowest BCUT2D eigenvalue weighted by atomic mass is 10.1. The van der Waals surface area contributed by atoms with Gasteiger partial charge >= 0.3 is 0 Å². The highest BCUT2D eigenvalue weighted by molar-refractivity contribution is 7.99. The first-order valence-electron chi connectivity index (χ1n) is 7.43. The van der Waals surface area contributed by atoms with Crippen LogP contribution in [0.4, 0.5) is 11.4 Å². The maximum atomic E-state index is 5.75. The Balaban J connectivity index is 1.73. The van der Waals surface area contributed by atoms with Crippen molar-refractivity contribution in [2.24, 2.45) is 0 Å². The lowest BCUT2D eigenvalue weighted by Gasteiger charge is -2.34. The van der Waals surface area contributed by atoms with Crippen molar-refractivity contribution in [3.63, 3.8) is 0 Å². The fourth-order valence-electron chi connectivity index (χ4n) is 2.97. The van der Waals surface area contributed by atoms with Gasteiger partial charge in [-0.05, 0) is 25.2 Å². The average molecular weight is 304 g/mol. The number of nitrogens with zero attached hydrogens (tertiary/aromatic N) is 3. The summed E-state index contributed by atoms with van der Waals surface area (Å²) in [4.78, 5) is 4.82. The zero-order valence-electron chi connectivity index (χ0n) is 12.2. The van der Waals surface area contributed by atoms with Gasteiger partial charge in [0.05, 0.1) is 17.6 Å². The van der Waals surface area contributed by atoms with E-state index < -0.39 is 0 Å². The van der Waals surface area contributed by atoms with Gasteiger partial charge in [-0.3, -0.25) is 0 Å². The Bertz CT molecular complexity index is 630. The Morgan fingerprint density at radius 3 is 2.76 bits per heavy atom. The summed E-state index contributed by atoms with van der Waals surface area (Å²) in [5.41, 5.74) is 3.50. The fourth-order valence-corrected chi connectivity index (χ4v) is 3.70. The number of benzene rings is 1. The SMILES string of the molecule is CN1CCN(c2cc(N3CCNS3)cc3ccoc23)CC1. The lowest BCUT2D eigenvalue weighted by Crippen LogP contribution is -2.44. The van der Waals surface area contributed by atoms with Gasteiger partial charge in [0.2, 0.25) is 0 Å². The summed E-state index contributed by atoms with van der Waals surface area (Å²) in [6.45, 7) is 6.38. The fraction of sp³-hybridized carbons (Fsp3) is 0.467. The van der Waals surface area contributed by atoms with E-state index in [1.54, 1.807) is 18.4 Å². The first-order chi connectivity index (χ1) is 10.3. The van der Waals surface area contributed by atoms with Crippen LogP contribution in [0.25, 0.3) is 11.0 Å². The van der Waals surface area contributed by atoms with Crippen molar-refractivity contribution >= 4 is 34.5 Å². The van der Waals surface area contributed by atoms with Crippen LogP contribution in [0.15, 0.2) is 28.9 Å². The van der Waals surface area contributed by atoms with Gasteiger partial charge in [0.25, 0.3) is 0 Å². The smallest absolute Gasteiger partial charge is 0.157 e. The normalized spacial score (nSPS) is 20.6. The van der Waals surface area contributed by atoms with Crippen LogP contribution in [-0.4, -0.2) is 51.2 Å². The summed E-state index contributed by atoms with van der Waals surface area (Å²) in [7, 11) is 2.18. The Labute approximate surface area is 129 Å². The van der Waals surface area contributed by atoms with E-state index >= 15 is 0 Å². The molecule has 1 aromatic carbocycles. The summed E-state index contributed by atoms with van der Waals surface area (Å²) in [5.74, 6) is 0. The van der Waals surface area contributed by atoms with Crippen molar-refractivity contribution in [2.45, 2.75) is 0 Å². The number of hydrogen-bond acceptors (Lipinski definition) is 6. The Hall–Kier alpha value is -1.37. The van der Waals surface area contributed by atoms with Crippen molar-refractivity contribution in [2.75, 3.05) is 55.5 Å². The van der Waals surface area contributed by atoms with Crippen LogP contribution < -0.4 is 13.9 Å². The molecule has 2 aromatic rings. The predicted octanol–water partition coefficient (Wildman–Crippen LogP) is 2.16. The molecule has 2 aliphatic heterocycles. The minimum absolute atomic E-state index is 1.01. The van der Waals surface area contributed by atoms with Crippen molar-refractivity contribution in [1.82, 2.24) is 9.62 Å². The molecule has 0 aliphatic carbocycles. The molecule has 0 amide bonds. The number of piperazine rings is 1. The highest BCUT2D eigenvalue weighted by Gasteiger charge is 2.21. The summed E-state index contributed by atoms with van der Waals surface area (Å²) in [6, 6.07) is 6.56. The molecule has 0 saturated carbocycles. The van der Waals surface area contributed by atoms with E-state index in [4.69, 9.17) is 4.42 Å². The van der Waals surface area contributed by atoms with Gasteiger partial charge in [0.1, 0.15) is 0 Å². The standard InChI is InChI=1S/C15H20N4OS/c1-17-5-7-18(8-6-17)14-11-13(19-4-3-16-21-19)10-12-2-9-20-15(12)14/h2,9-11,16H,3-8H2,1H3. The van der Waals surface area contributed by atoms with Crippen LogP contribution >= 0.6 is 12.1 Å². The molecule has 0 bridgehead atoms. The largest absolute Gasteiger partial charge is 0.462 e. The monoisotopic (exact) mass is 304 g/mol. The number of likely N-dealkylation sites (N-methyl/N-ethyl adjacent to an activating group) is 1. The van der Waals surface area contributed by atoms with E-state index in [1.165, 1.54) is 16.8 Å². The molecule has 1 aromatic heterocycles. The third kappa shape index (κ3) is 2.47. The van der Waals surface area contributed by atoms with Crippen LogP contribution in [0, 0.1) is 0 Å². The third-order valence-electron chi connectivity index (χ3n) is 4.24. The molecule has 2 fully saturated rings. The summed E-state index contributed by atoms with van der Waals surface area (Å²) >= 11 is 1.69. The number of hydrogen-bond donors (Lipinski definition) is 1. The molecule has 21 heavy (non-hydrogen) atoms. The van der Waals surface area contributed by atoms with Crippen LogP contribution in [0.1, 0.15) is 0 Å². The zero-order valence-corrected chi connectivity index (χ0v) is 13.0. The van der Waals surface area contributed by atoms with Crippen molar-refractivity contribution in [3.05, 3.63) is 24.5 Å². The molecule has 3 heterocycles. The van der Waals surface area contributed by atoms with Crippen molar-refractivity contribution in [3.8, 4) is 0 Å². The molecule has 0 unspecified atom stereocenters. The second-order valence-electron chi connectivity index (χ2n) is 5.68. The minimum Gasteiger partial charge on any atom is -0.462 e. The molecule has 5 nitrogen and oxygen atoms in total. The van der Waals surface area contributed by atoms with Gasteiger partial charge in [0, 0.05) is 56.8 Å². The van der Waals surface area contributed by atoms with Gasteiger partial charge < -0.3 is 18.5 Å². The van der Waals surface area contributed by atoms with E-state index in [2.05, 4.69) is 44.1 Å². The van der Waals surface area contributed by atoms with E-state index in [0.717, 1.165) is 44.9 Å². The maximum Gasteiger partial charge on any atom is 0.157 e. The molecule has 6 heteroatoms. The van der Waals surface area contributed by atoms with E-state index in [0.29, 0.717) is 0 Å². The Morgan fingerprint density at radius 2 is 2.00 bits per heavy atom. The van der Waals surface area contributed by atoms with Crippen LogP contribution in [0.5, 0.6) is 0 Å².